The maximum Gasteiger partial charge on any atom is 0.255 e. The van der Waals surface area contributed by atoms with Crippen LogP contribution in [0.25, 0.3) is 22.1 Å². The number of rotatable bonds is 6. The second kappa shape index (κ2) is 10.3. The van der Waals surface area contributed by atoms with Crippen molar-refractivity contribution in [2.45, 2.75) is 26.3 Å². The Morgan fingerprint density at radius 1 is 1.26 bits per heavy atom. The van der Waals surface area contributed by atoms with E-state index in [1.165, 1.54) is 0 Å². The number of benzene rings is 1. The molecule has 1 aliphatic rings. The zero-order valence-electron chi connectivity index (χ0n) is 19.2. The van der Waals surface area contributed by atoms with Crippen LogP contribution in [-0.4, -0.2) is 64.0 Å². The van der Waals surface area contributed by atoms with E-state index in [0.717, 1.165) is 16.8 Å². The van der Waals surface area contributed by atoms with E-state index in [2.05, 4.69) is 25.1 Å². The molecule has 1 fully saturated rings. The highest BCUT2D eigenvalue weighted by Crippen LogP contribution is 2.18. The first-order valence-electron chi connectivity index (χ1n) is 11.1. The average Bonchev–Trinajstić information content (AvgIpc) is 3.27. The van der Waals surface area contributed by atoms with Crippen molar-refractivity contribution in [3.05, 3.63) is 76.2 Å². The van der Waals surface area contributed by atoms with Crippen LogP contribution in [-0.2, 0) is 16.0 Å². The van der Waals surface area contributed by atoms with Gasteiger partial charge >= 0.3 is 0 Å². The first-order chi connectivity index (χ1) is 16.4. The molecular weight excluding hydrogens is 432 g/mol. The van der Waals surface area contributed by atoms with Crippen LogP contribution in [0.5, 0.6) is 0 Å². The smallest absolute Gasteiger partial charge is 0.255 e. The van der Waals surface area contributed by atoms with Gasteiger partial charge in [-0.1, -0.05) is 24.3 Å². The third-order valence-electron chi connectivity index (χ3n) is 5.40. The number of nitrogens with one attached hydrogen (secondary N) is 2. The fourth-order valence-corrected chi connectivity index (χ4v) is 3.70. The van der Waals surface area contributed by atoms with E-state index in [1.807, 2.05) is 38.1 Å². The van der Waals surface area contributed by atoms with Crippen molar-refractivity contribution in [2.24, 2.45) is 0 Å². The molecule has 0 unspecified atom stereocenters. The van der Waals surface area contributed by atoms with Crippen molar-refractivity contribution in [1.82, 2.24) is 25.2 Å². The number of aromatic amines is 1. The molecule has 3 aromatic rings. The first kappa shape index (κ1) is 23.1. The SMILES string of the molecule is [C-]#[N+]C(=Cc1ccc(Cc2cnc3[nH]cc(C(=O)NC(C)C)c3n2)cc1)C(=O)N1CCOCC1. The average molecular weight is 459 g/mol. The van der Waals surface area contributed by atoms with Gasteiger partial charge < -0.3 is 19.9 Å². The zero-order chi connectivity index (χ0) is 24.1. The maximum atomic E-state index is 12.6. The summed E-state index contributed by atoms with van der Waals surface area (Å²) in [5, 5.41) is 2.88. The van der Waals surface area contributed by atoms with Gasteiger partial charge in [0.1, 0.15) is 5.52 Å². The molecular formula is C25H26N6O3. The Morgan fingerprint density at radius 2 is 2.00 bits per heavy atom. The van der Waals surface area contributed by atoms with E-state index in [0.29, 0.717) is 49.5 Å². The Balaban J connectivity index is 1.49. The number of carbonyl (C=O) groups is 2. The maximum absolute atomic E-state index is 12.6. The highest BCUT2D eigenvalue weighted by molar-refractivity contribution is 6.04. The molecule has 4 rings (SSSR count). The van der Waals surface area contributed by atoms with E-state index in [9.17, 15) is 9.59 Å². The number of hydrogen-bond acceptors (Lipinski definition) is 5. The van der Waals surface area contributed by atoms with Crippen molar-refractivity contribution >= 4 is 29.1 Å². The zero-order valence-corrected chi connectivity index (χ0v) is 19.2. The van der Waals surface area contributed by atoms with Crippen molar-refractivity contribution in [3.8, 4) is 0 Å². The van der Waals surface area contributed by atoms with Crippen LogP contribution in [0, 0.1) is 6.57 Å². The molecule has 34 heavy (non-hydrogen) atoms. The van der Waals surface area contributed by atoms with Gasteiger partial charge in [-0.05, 0) is 31.1 Å². The number of morpholine rings is 1. The van der Waals surface area contributed by atoms with Gasteiger partial charge in [-0.3, -0.25) is 9.59 Å². The number of H-pyrrole nitrogens is 1. The van der Waals surface area contributed by atoms with Crippen molar-refractivity contribution in [1.29, 1.82) is 0 Å². The van der Waals surface area contributed by atoms with Crippen LogP contribution in [0.3, 0.4) is 0 Å². The fraction of sp³-hybridized carbons (Fsp3) is 0.320. The van der Waals surface area contributed by atoms with Crippen LogP contribution in [0.4, 0.5) is 0 Å². The van der Waals surface area contributed by atoms with Crippen LogP contribution in [0.1, 0.15) is 41.0 Å². The standard InChI is InChI=1S/C25H26N6O3/c1-16(2)29-24(32)20-15-28-23-22(20)30-19(14-27-23)12-17-4-6-18(7-5-17)13-21(26-3)25(33)31-8-10-34-11-9-31/h4-7,13-16H,8-12H2,1-2H3,(H,27,28)(H,29,32). The van der Waals surface area contributed by atoms with Gasteiger partial charge in [0.25, 0.3) is 17.5 Å². The summed E-state index contributed by atoms with van der Waals surface area (Å²) < 4.78 is 5.27. The number of ether oxygens (including phenoxy) is 1. The van der Waals surface area contributed by atoms with Gasteiger partial charge in [-0.2, -0.15) is 0 Å². The summed E-state index contributed by atoms with van der Waals surface area (Å²) >= 11 is 0. The minimum Gasteiger partial charge on any atom is -0.378 e. The van der Waals surface area contributed by atoms with Crippen LogP contribution in [0.15, 0.2) is 42.4 Å². The molecule has 0 bridgehead atoms. The highest BCUT2D eigenvalue weighted by atomic mass is 16.5. The predicted octanol–water partition coefficient (Wildman–Crippen LogP) is 2.81. The Labute approximate surface area is 197 Å². The molecule has 1 aromatic carbocycles. The Kier molecular flexibility index (Phi) is 6.99. The van der Waals surface area contributed by atoms with Crippen LogP contribution < -0.4 is 5.32 Å². The number of carbonyl (C=O) groups excluding carboxylic acids is 2. The molecule has 1 aliphatic heterocycles. The Bertz CT molecular complexity index is 1260. The van der Waals surface area contributed by atoms with E-state index < -0.39 is 0 Å². The largest absolute Gasteiger partial charge is 0.378 e. The number of aromatic nitrogens is 3. The molecule has 9 heteroatoms. The quantitative estimate of drug-likeness (QED) is 0.437. The summed E-state index contributed by atoms with van der Waals surface area (Å²) in [5.74, 6) is -0.458. The topological polar surface area (TPSA) is 105 Å². The number of hydrogen-bond donors (Lipinski definition) is 2. The van der Waals surface area contributed by atoms with Gasteiger partial charge in [0.15, 0.2) is 5.65 Å². The molecule has 174 valence electrons. The van der Waals surface area contributed by atoms with Crippen LogP contribution >= 0.6 is 0 Å². The molecule has 3 heterocycles. The molecule has 9 nitrogen and oxygen atoms in total. The summed E-state index contributed by atoms with van der Waals surface area (Å²) in [6.45, 7) is 13.2. The monoisotopic (exact) mass is 458 g/mol. The Hall–Kier alpha value is -4.03. The summed E-state index contributed by atoms with van der Waals surface area (Å²) in [4.78, 5) is 42.2. The normalized spacial score (nSPS) is 14.3. The molecule has 2 N–H and O–H groups in total. The molecule has 0 spiro atoms. The lowest BCUT2D eigenvalue weighted by atomic mass is 10.1. The number of fused-ring (bicyclic) bond motifs is 1. The Morgan fingerprint density at radius 3 is 2.68 bits per heavy atom. The fourth-order valence-electron chi connectivity index (χ4n) is 3.70. The van der Waals surface area contributed by atoms with E-state index in [4.69, 9.17) is 11.3 Å². The molecule has 1 saturated heterocycles. The predicted molar refractivity (Wildman–Crippen MR) is 128 cm³/mol. The van der Waals surface area contributed by atoms with Gasteiger partial charge in [-0.15, -0.1) is 0 Å². The summed E-state index contributed by atoms with van der Waals surface area (Å²) in [7, 11) is 0. The number of amides is 2. The molecule has 0 saturated carbocycles. The van der Waals surface area contributed by atoms with Gasteiger partial charge in [0, 0.05) is 31.7 Å². The summed E-state index contributed by atoms with van der Waals surface area (Å²) in [6.07, 6.45) is 5.46. The van der Waals surface area contributed by atoms with Crippen molar-refractivity contribution < 1.29 is 14.3 Å². The third-order valence-corrected chi connectivity index (χ3v) is 5.40. The molecule has 0 radical (unpaired) electrons. The lowest BCUT2D eigenvalue weighted by Crippen LogP contribution is -2.41. The second-order valence-electron chi connectivity index (χ2n) is 8.35. The molecule has 2 aromatic heterocycles. The second-order valence-corrected chi connectivity index (χ2v) is 8.35. The lowest BCUT2D eigenvalue weighted by Gasteiger charge is -2.26. The third kappa shape index (κ3) is 5.30. The summed E-state index contributed by atoms with van der Waals surface area (Å²) in [6, 6.07) is 7.63. The van der Waals surface area contributed by atoms with E-state index in [-0.39, 0.29) is 23.6 Å². The minimum atomic E-state index is -0.269. The molecule has 0 aliphatic carbocycles. The highest BCUT2D eigenvalue weighted by Gasteiger charge is 2.21. The number of nitrogens with zero attached hydrogens (tertiary/aromatic N) is 4. The van der Waals surface area contributed by atoms with Crippen LogP contribution in [0.2, 0.25) is 0 Å². The van der Waals surface area contributed by atoms with E-state index in [1.54, 1.807) is 23.4 Å². The van der Waals surface area contributed by atoms with Gasteiger partial charge in [0.2, 0.25) is 0 Å². The summed E-state index contributed by atoms with van der Waals surface area (Å²) in [5.41, 5.74) is 4.17. The lowest BCUT2D eigenvalue weighted by molar-refractivity contribution is -0.130. The first-order valence-corrected chi connectivity index (χ1v) is 11.1. The van der Waals surface area contributed by atoms with Gasteiger partial charge in [0.05, 0.1) is 37.2 Å². The van der Waals surface area contributed by atoms with Crippen molar-refractivity contribution in [2.75, 3.05) is 26.3 Å². The molecule has 2 amide bonds. The van der Waals surface area contributed by atoms with E-state index >= 15 is 0 Å². The van der Waals surface area contributed by atoms with Crippen molar-refractivity contribution in [3.63, 3.8) is 0 Å². The molecule has 0 atom stereocenters. The van der Waals surface area contributed by atoms with Gasteiger partial charge in [-0.25, -0.2) is 14.8 Å². The minimum absolute atomic E-state index is 0.0219.